The summed E-state index contributed by atoms with van der Waals surface area (Å²) in [5.74, 6) is -1.70. The summed E-state index contributed by atoms with van der Waals surface area (Å²) in [7, 11) is -2.45. The molecule has 0 heterocycles. The zero-order chi connectivity index (χ0) is 18.6. The van der Waals surface area contributed by atoms with Crippen LogP contribution in [0, 0.1) is 5.92 Å². The van der Waals surface area contributed by atoms with Crippen LogP contribution in [0.2, 0.25) is 0 Å². The molecule has 1 amide bonds. The second kappa shape index (κ2) is 7.83. The van der Waals surface area contributed by atoms with Gasteiger partial charge < -0.3 is 15.2 Å². The van der Waals surface area contributed by atoms with Crippen molar-refractivity contribution in [2.45, 2.75) is 30.7 Å². The lowest BCUT2D eigenvalue weighted by Crippen LogP contribution is -2.33. The molecule has 0 spiro atoms. The molecule has 0 saturated heterocycles. The molecule has 1 aliphatic carbocycles. The van der Waals surface area contributed by atoms with Gasteiger partial charge in [-0.1, -0.05) is 6.92 Å². The van der Waals surface area contributed by atoms with Crippen LogP contribution in [0.1, 0.15) is 19.8 Å². The number of amides is 1. The van der Waals surface area contributed by atoms with Gasteiger partial charge >= 0.3 is 5.97 Å². The molecule has 138 valence electrons. The lowest BCUT2D eigenvalue weighted by Gasteiger charge is -2.19. The van der Waals surface area contributed by atoms with E-state index in [1.165, 1.54) is 38.2 Å². The maximum Gasteiger partial charge on any atom is 0.307 e. The molecular weight excluding hydrogens is 348 g/mol. The molecule has 1 aromatic carbocycles. The zero-order valence-electron chi connectivity index (χ0n) is 14.1. The monoisotopic (exact) mass is 370 g/mol. The number of ether oxygens (including phenoxy) is 1. The molecule has 0 radical (unpaired) electrons. The molecular formula is C16H22N2O6S. The van der Waals surface area contributed by atoms with Gasteiger partial charge in [0.1, 0.15) is 5.75 Å². The quantitative estimate of drug-likeness (QED) is 0.661. The highest BCUT2D eigenvalue weighted by molar-refractivity contribution is 7.89. The molecule has 1 unspecified atom stereocenters. The van der Waals surface area contributed by atoms with E-state index in [9.17, 15) is 18.0 Å². The predicted molar refractivity (Wildman–Crippen MR) is 89.7 cm³/mol. The Morgan fingerprint density at radius 1 is 1.32 bits per heavy atom. The number of hydrogen-bond donors (Lipinski definition) is 2. The Morgan fingerprint density at radius 2 is 1.92 bits per heavy atom. The van der Waals surface area contributed by atoms with Crippen LogP contribution in [0.25, 0.3) is 0 Å². The van der Waals surface area contributed by atoms with E-state index >= 15 is 0 Å². The standard InChI is InChI=1S/C16H22N2O6S/c1-11(16(20)21)9-18(2)25(22,23)14-7-5-13(6-8-14)24-10-15(19)17-12-3-4-12/h5-8,11-12H,3-4,9-10H2,1-2H3,(H,17,19)(H,20,21). The van der Waals surface area contributed by atoms with E-state index in [1.54, 1.807) is 0 Å². The largest absolute Gasteiger partial charge is 0.484 e. The van der Waals surface area contributed by atoms with Crippen molar-refractivity contribution in [1.82, 2.24) is 9.62 Å². The highest BCUT2D eigenvalue weighted by Crippen LogP contribution is 2.20. The summed E-state index contributed by atoms with van der Waals surface area (Å²) in [6.45, 7) is 1.19. The number of nitrogens with zero attached hydrogens (tertiary/aromatic N) is 1. The Morgan fingerprint density at radius 3 is 2.44 bits per heavy atom. The summed E-state index contributed by atoms with van der Waals surface area (Å²) in [6, 6.07) is 5.92. The molecule has 0 aliphatic heterocycles. The number of carbonyl (C=O) groups excluding carboxylic acids is 1. The lowest BCUT2D eigenvalue weighted by molar-refractivity contribution is -0.141. The van der Waals surface area contributed by atoms with Crippen LogP contribution in [0.15, 0.2) is 29.2 Å². The molecule has 1 fully saturated rings. The maximum atomic E-state index is 12.4. The molecule has 1 aromatic rings. The number of nitrogens with one attached hydrogen (secondary N) is 1. The maximum absolute atomic E-state index is 12.4. The van der Waals surface area contributed by atoms with Crippen LogP contribution in [-0.2, 0) is 19.6 Å². The molecule has 9 heteroatoms. The number of hydrogen-bond acceptors (Lipinski definition) is 5. The van der Waals surface area contributed by atoms with E-state index in [0.29, 0.717) is 5.75 Å². The summed E-state index contributed by atoms with van der Waals surface area (Å²) in [4.78, 5) is 22.5. The first-order valence-corrected chi connectivity index (χ1v) is 9.35. The number of carboxylic acid groups (broad SMARTS) is 1. The molecule has 2 N–H and O–H groups in total. The van der Waals surface area contributed by atoms with Gasteiger partial charge in [0.15, 0.2) is 6.61 Å². The van der Waals surface area contributed by atoms with Crippen LogP contribution in [-0.4, -0.2) is 55.9 Å². The Labute approximate surface area is 146 Å². The molecule has 1 atom stereocenters. The molecule has 0 aromatic heterocycles. The third-order valence-corrected chi connectivity index (χ3v) is 5.63. The van der Waals surface area contributed by atoms with Crippen molar-refractivity contribution in [2.24, 2.45) is 5.92 Å². The zero-order valence-corrected chi connectivity index (χ0v) is 15.0. The van der Waals surface area contributed by atoms with Crippen molar-refractivity contribution in [1.29, 1.82) is 0 Å². The fraction of sp³-hybridized carbons (Fsp3) is 0.500. The van der Waals surface area contributed by atoms with E-state index in [4.69, 9.17) is 9.84 Å². The first kappa shape index (κ1) is 19.2. The highest BCUT2D eigenvalue weighted by Gasteiger charge is 2.25. The first-order chi connectivity index (χ1) is 11.7. The fourth-order valence-corrected chi connectivity index (χ4v) is 3.36. The van der Waals surface area contributed by atoms with Gasteiger partial charge in [0.2, 0.25) is 10.0 Å². The smallest absolute Gasteiger partial charge is 0.307 e. The Hall–Kier alpha value is -2.13. The third kappa shape index (κ3) is 5.43. The molecule has 0 bridgehead atoms. The topological polar surface area (TPSA) is 113 Å². The van der Waals surface area contributed by atoms with Crippen molar-refractivity contribution < 1.29 is 27.9 Å². The van der Waals surface area contributed by atoms with Crippen LogP contribution >= 0.6 is 0 Å². The van der Waals surface area contributed by atoms with Crippen LogP contribution in [0.3, 0.4) is 0 Å². The van der Waals surface area contributed by atoms with Crippen LogP contribution in [0.4, 0.5) is 0 Å². The van der Waals surface area contributed by atoms with Gasteiger partial charge in [-0.05, 0) is 37.1 Å². The van der Waals surface area contributed by atoms with E-state index in [2.05, 4.69) is 5.32 Å². The Balaban J connectivity index is 1.94. The van der Waals surface area contributed by atoms with Crippen molar-refractivity contribution in [3.05, 3.63) is 24.3 Å². The number of aliphatic carboxylic acids is 1. The van der Waals surface area contributed by atoms with E-state index in [0.717, 1.165) is 17.1 Å². The minimum Gasteiger partial charge on any atom is -0.484 e. The van der Waals surface area contributed by atoms with Gasteiger partial charge in [-0.3, -0.25) is 9.59 Å². The highest BCUT2D eigenvalue weighted by atomic mass is 32.2. The summed E-state index contributed by atoms with van der Waals surface area (Å²) < 4.78 is 31.2. The Bertz CT molecular complexity index is 727. The van der Waals surface area contributed by atoms with Crippen molar-refractivity contribution in [3.63, 3.8) is 0 Å². The fourth-order valence-electron chi connectivity index (χ4n) is 2.10. The van der Waals surface area contributed by atoms with Gasteiger partial charge in [0.05, 0.1) is 10.8 Å². The SMILES string of the molecule is CC(CN(C)S(=O)(=O)c1ccc(OCC(=O)NC2CC2)cc1)C(=O)O. The van der Waals surface area contributed by atoms with Crippen molar-refractivity contribution in [2.75, 3.05) is 20.2 Å². The average molecular weight is 370 g/mol. The number of carboxylic acids is 1. The first-order valence-electron chi connectivity index (χ1n) is 7.91. The summed E-state index contributed by atoms with van der Waals surface area (Å²) in [6.07, 6.45) is 1.98. The van der Waals surface area contributed by atoms with Crippen LogP contribution < -0.4 is 10.1 Å². The van der Waals surface area contributed by atoms with Gasteiger partial charge in [-0.2, -0.15) is 0 Å². The summed E-state index contributed by atoms with van der Waals surface area (Å²) in [5, 5.41) is 11.7. The summed E-state index contributed by atoms with van der Waals surface area (Å²) >= 11 is 0. The van der Waals surface area contributed by atoms with Gasteiger partial charge in [-0.15, -0.1) is 0 Å². The van der Waals surface area contributed by atoms with Gasteiger partial charge in [0, 0.05) is 19.6 Å². The van der Waals surface area contributed by atoms with Crippen molar-refractivity contribution >= 4 is 21.9 Å². The molecule has 8 nitrogen and oxygen atoms in total. The number of carbonyl (C=O) groups is 2. The molecule has 1 aliphatic rings. The number of rotatable bonds is 9. The van der Waals surface area contributed by atoms with Crippen molar-refractivity contribution in [3.8, 4) is 5.75 Å². The van der Waals surface area contributed by atoms with Crippen LogP contribution in [0.5, 0.6) is 5.75 Å². The summed E-state index contributed by atoms with van der Waals surface area (Å²) in [5.41, 5.74) is 0. The predicted octanol–water partition coefficient (Wildman–Crippen LogP) is 0.685. The Kier molecular flexibility index (Phi) is 6.02. The van der Waals surface area contributed by atoms with Gasteiger partial charge in [-0.25, -0.2) is 12.7 Å². The number of benzene rings is 1. The second-order valence-corrected chi connectivity index (χ2v) is 8.17. The normalized spacial score (nSPS) is 15.6. The minimum atomic E-state index is -3.79. The lowest BCUT2D eigenvalue weighted by atomic mass is 10.2. The molecule has 2 rings (SSSR count). The second-order valence-electron chi connectivity index (χ2n) is 6.13. The van der Waals surface area contributed by atoms with E-state index < -0.39 is 21.9 Å². The van der Waals surface area contributed by atoms with E-state index in [-0.39, 0.29) is 30.0 Å². The average Bonchev–Trinajstić information content (AvgIpc) is 3.37. The third-order valence-electron chi connectivity index (χ3n) is 3.80. The van der Waals surface area contributed by atoms with E-state index in [1.807, 2.05) is 0 Å². The van der Waals surface area contributed by atoms with Gasteiger partial charge in [0.25, 0.3) is 5.91 Å². The molecule has 25 heavy (non-hydrogen) atoms. The molecule has 1 saturated carbocycles. The number of sulfonamides is 1. The minimum absolute atomic E-state index is 0.0300.